The minimum absolute atomic E-state index is 0.0266. The summed E-state index contributed by atoms with van der Waals surface area (Å²) in [5.74, 6) is -1.55. The fourth-order valence-electron chi connectivity index (χ4n) is 1.37. The number of hydrogen-bond donors (Lipinski definition) is 1. The lowest BCUT2D eigenvalue weighted by atomic mass is 10.1. The van der Waals surface area contributed by atoms with E-state index in [4.69, 9.17) is 10.4 Å². The molecule has 0 aliphatic heterocycles. The first-order chi connectivity index (χ1) is 7.54. The SMILES string of the molecule is CN(CC(=O)O)Cc1cccc(C#N)c1F. The van der Waals surface area contributed by atoms with Crippen LogP contribution in [0.15, 0.2) is 18.2 Å². The Morgan fingerprint density at radius 1 is 1.62 bits per heavy atom. The van der Waals surface area contributed by atoms with Gasteiger partial charge < -0.3 is 5.11 Å². The molecule has 0 aliphatic rings. The number of aliphatic carboxylic acids is 1. The van der Waals surface area contributed by atoms with Gasteiger partial charge >= 0.3 is 5.97 Å². The van der Waals surface area contributed by atoms with E-state index in [-0.39, 0.29) is 18.7 Å². The van der Waals surface area contributed by atoms with Gasteiger partial charge in [0.25, 0.3) is 0 Å². The normalized spacial score (nSPS) is 10.1. The molecule has 0 bridgehead atoms. The van der Waals surface area contributed by atoms with E-state index in [1.807, 2.05) is 0 Å². The molecule has 1 aromatic carbocycles. The van der Waals surface area contributed by atoms with E-state index in [2.05, 4.69) is 0 Å². The van der Waals surface area contributed by atoms with Gasteiger partial charge in [0.2, 0.25) is 0 Å². The van der Waals surface area contributed by atoms with Crippen molar-refractivity contribution in [2.75, 3.05) is 13.6 Å². The van der Waals surface area contributed by atoms with Gasteiger partial charge in [0.05, 0.1) is 12.1 Å². The van der Waals surface area contributed by atoms with Crippen LogP contribution in [0.4, 0.5) is 4.39 Å². The van der Waals surface area contributed by atoms with E-state index in [0.29, 0.717) is 5.56 Å². The van der Waals surface area contributed by atoms with Gasteiger partial charge in [0.15, 0.2) is 0 Å². The molecule has 0 aliphatic carbocycles. The molecule has 0 saturated carbocycles. The van der Waals surface area contributed by atoms with Gasteiger partial charge in [-0.25, -0.2) is 4.39 Å². The second-order valence-corrected chi connectivity index (χ2v) is 3.46. The van der Waals surface area contributed by atoms with Crippen LogP contribution in [-0.2, 0) is 11.3 Å². The van der Waals surface area contributed by atoms with Gasteiger partial charge in [-0.05, 0) is 13.1 Å². The highest BCUT2D eigenvalue weighted by atomic mass is 19.1. The molecule has 0 atom stereocenters. The minimum atomic E-state index is -0.973. The zero-order valence-electron chi connectivity index (χ0n) is 8.77. The summed E-state index contributed by atoms with van der Waals surface area (Å²) < 4.78 is 13.6. The Hall–Kier alpha value is -1.93. The van der Waals surface area contributed by atoms with Gasteiger partial charge in [0.1, 0.15) is 11.9 Å². The topological polar surface area (TPSA) is 64.3 Å². The van der Waals surface area contributed by atoms with Crippen molar-refractivity contribution in [3.8, 4) is 6.07 Å². The number of likely N-dealkylation sites (N-methyl/N-ethyl adjacent to an activating group) is 1. The predicted octanol–water partition coefficient (Wildman–Crippen LogP) is 1.21. The molecule has 0 amide bonds. The third-order valence-corrected chi connectivity index (χ3v) is 2.04. The van der Waals surface area contributed by atoms with E-state index in [1.54, 1.807) is 19.2 Å². The third kappa shape index (κ3) is 3.04. The van der Waals surface area contributed by atoms with E-state index in [1.165, 1.54) is 17.0 Å². The van der Waals surface area contributed by atoms with Gasteiger partial charge in [-0.3, -0.25) is 9.69 Å². The quantitative estimate of drug-likeness (QED) is 0.831. The number of benzene rings is 1. The molecule has 84 valence electrons. The maximum absolute atomic E-state index is 13.6. The molecule has 0 radical (unpaired) electrons. The Kier molecular flexibility index (Phi) is 3.97. The maximum Gasteiger partial charge on any atom is 0.317 e. The molecule has 1 N–H and O–H groups in total. The third-order valence-electron chi connectivity index (χ3n) is 2.04. The molecule has 0 aromatic heterocycles. The molecule has 0 heterocycles. The van der Waals surface area contributed by atoms with Crippen LogP contribution in [0, 0.1) is 17.1 Å². The highest BCUT2D eigenvalue weighted by molar-refractivity contribution is 5.69. The number of rotatable bonds is 4. The van der Waals surface area contributed by atoms with Crippen LogP contribution < -0.4 is 0 Å². The summed E-state index contributed by atoms with van der Waals surface area (Å²) in [4.78, 5) is 11.9. The highest BCUT2D eigenvalue weighted by Crippen LogP contribution is 2.13. The molecular weight excluding hydrogens is 211 g/mol. The summed E-state index contributed by atoms with van der Waals surface area (Å²) in [6.07, 6.45) is 0. The predicted molar refractivity (Wildman–Crippen MR) is 55.1 cm³/mol. The van der Waals surface area contributed by atoms with E-state index in [0.717, 1.165) is 0 Å². The average molecular weight is 222 g/mol. The van der Waals surface area contributed by atoms with Gasteiger partial charge in [-0.1, -0.05) is 12.1 Å². The van der Waals surface area contributed by atoms with Crippen molar-refractivity contribution < 1.29 is 14.3 Å². The first-order valence-corrected chi connectivity index (χ1v) is 4.62. The Morgan fingerprint density at radius 3 is 2.88 bits per heavy atom. The molecule has 16 heavy (non-hydrogen) atoms. The monoisotopic (exact) mass is 222 g/mol. The molecule has 5 heteroatoms. The lowest BCUT2D eigenvalue weighted by Gasteiger charge is -2.14. The lowest BCUT2D eigenvalue weighted by molar-refractivity contribution is -0.138. The van der Waals surface area contributed by atoms with Crippen LogP contribution in [0.25, 0.3) is 0 Å². The molecule has 4 nitrogen and oxygen atoms in total. The molecule has 0 fully saturated rings. The summed E-state index contributed by atoms with van der Waals surface area (Å²) >= 11 is 0. The Morgan fingerprint density at radius 2 is 2.31 bits per heavy atom. The number of hydrogen-bond acceptors (Lipinski definition) is 3. The van der Waals surface area contributed by atoms with Crippen molar-refractivity contribution >= 4 is 5.97 Å². The van der Waals surface area contributed by atoms with Crippen LogP contribution in [0.5, 0.6) is 0 Å². The highest BCUT2D eigenvalue weighted by Gasteiger charge is 2.11. The van der Waals surface area contributed by atoms with Crippen molar-refractivity contribution in [1.29, 1.82) is 5.26 Å². The Labute approximate surface area is 92.5 Å². The van der Waals surface area contributed by atoms with Crippen LogP contribution >= 0.6 is 0 Å². The molecule has 1 aromatic rings. The number of nitriles is 1. The van der Waals surface area contributed by atoms with Crippen molar-refractivity contribution in [3.63, 3.8) is 0 Å². The number of carboxylic acids is 1. The second-order valence-electron chi connectivity index (χ2n) is 3.46. The number of carboxylic acid groups (broad SMARTS) is 1. The maximum atomic E-state index is 13.6. The van der Waals surface area contributed by atoms with E-state index in [9.17, 15) is 9.18 Å². The minimum Gasteiger partial charge on any atom is -0.480 e. The van der Waals surface area contributed by atoms with Gasteiger partial charge in [-0.15, -0.1) is 0 Å². The fourth-order valence-corrected chi connectivity index (χ4v) is 1.37. The van der Waals surface area contributed by atoms with Crippen molar-refractivity contribution in [1.82, 2.24) is 4.90 Å². The zero-order chi connectivity index (χ0) is 12.1. The van der Waals surface area contributed by atoms with Crippen LogP contribution in [-0.4, -0.2) is 29.6 Å². The summed E-state index contributed by atoms with van der Waals surface area (Å²) in [6, 6.07) is 6.24. The first kappa shape index (κ1) is 12.1. The standard InChI is InChI=1S/C11H11FN2O2/c1-14(7-10(15)16)6-9-4-2-3-8(5-13)11(9)12/h2-4H,6-7H2,1H3,(H,15,16). The van der Waals surface area contributed by atoms with Gasteiger partial charge in [-0.2, -0.15) is 5.26 Å². The van der Waals surface area contributed by atoms with Crippen molar-refractivity contribution in [3.05, 3.63) is 35.1 Å². The summed E-state index contributed by atoms with van der Waals surface area (Å²) in [5, 5.41) is 17.2. The Balaban J connectivity index is 2.82. The van der Waals surface area contributed by atoms with Crippen molar-refractivity contribution in [2.45, 2.75) is 6.54 Å². The van der Waals surface area contributed by atoms with Gasteiger partial charge in [0, 0.05) is 12.1 Å². The Bertz CT molecular complexity index is 440. The second kappa shape index (κ2) is 5.24. The van der Waals surface area contributed by atoms with Crippen LogP contribution in [0.2, 0.25) is 0 Å². The smallest absolute Gasteiger partial charge is 0.317 e. The molecular formula is C11H11FN2O2. The zero-order valence-corrected chi connectivity index (χ0v) is 8.77. The first-order valence-electron chi connectivity index (χ1n) is 4.62. The van der Waals surface area contributed by atoms with E-state index >= 15 is 0 Å². The fraction of sp³-hybridized carbons (Fsp3) is 0.273. The summed E-state index contributed by atoms with van der Waals surface area (Å²) in [7, 11) is 1.58. The van der Waals surface area contributed by atoms with E-state index < -0.39 is 11.8 Å². The van der Waals surface area contributed by atoms with Crippen molar-refractivity contribution in [2.24, 2.45) is 0 Å². The number of halogens is 1. The lowest BCUT2D eigenvalue weighted by Crippen LogP contribution is -2.25. The number of nitrogens with zero attached hydrogens (tertiary/aromatic N) is 2. The summed E-state index contributed by atoms with van der Waals surface area (Å²) in [5.41, 5.74) is 0.295. The molecule has 0 unspecified atom stereocenters. The van der Waals surface area contributed by atoms with Crippen LogP contribution in [0.1, 0.15) is 11.1 Å². The average Bonchev–Trinajstić information content (AvgIpc) is 2.20. The molecule has 0 saturated heterocycles. The van der Waals surface area contributed by atoms with Crippen LogP contribution in [0.3, 0.4) is 0 Å². The number of carbonyl (C=O) groups is 1. The molecule has 1 rings (SSSR count). The molecule has 0 spiro atoms. The summed E-state index contributed by atoms with van der Waals surface area (Å²) in [6.45, 7) is -0.0100. The largest absolute Gasteiger partial charge is 0.480 e.